The Morgan fingerprint density at radius 2 is 2.42 bits per heavy atom. The minimum absolute atomic E-state index is 0.544. The number of rotatable bonds is 0. The Morgan fingerprint density at radius 1 is 1.58 bits per heavy atom. The van der Waals surface area contributed by atoms with E-state index in [1.165, 1.54) is 0 Å². The summed E-state index contributed by atoms with van der Waals surface area (Å²) in [6.45, 7) is 0. The van der Waals surface area contributed by atoms with Crippen LogP contribution in [0.5, 0.6) is 0 Å². The van der Waals surface area contributed by atoms with E-state index in [1.54, 1.807) is 18.5 Å². The molecule has 0 spiro atoms. The van der Waals surface area contributed by atoms with Crippen LogP contribution in [0.2, 0.25) is 5.02 Å². The van der Waals surface area contributed by atoms with E-state index < -0.39 is 0 Å². The number of fused-ring (bicyclic) bond motifs is 1. The van der Waals surface area contributed by atoms with Crippen LogP contribution in [-0.4, -0.2) is 9.97 Å². The van der Waals surface area contributed by atoms with Gasteiger partial charge in [-0.2, -0.15) is 5.26 Å². The van der Waals surface area contributed by atoms with Crippen molar-refractivity contribution >= 4 is 22.6 Å². The Hall–Kier alpha value is -1.53. The van der Waals surface area contributed by atoms with Gasteiger partial charge in [0.2, 0.25) is 0 Å². The summed E-state index contributed by atoms with van der Waals surface area (Å²) in [4.78, 5) is 6.93. The van der Waals surface area contributed by atoms with Gasteiger partial charge < -0.3 is 4.98 Å². The fourth-order valence-electron chi connectivity index (χ4n) is 1.09. The van der Waals surface area contributed by atoms with Gasteiger partial charge in [0.25, 0.3) is 0 Å². The van der Waals surface area contributed by atoms with E-state index in [9.17, 15) is 0 Å². The smallest absolute Gasteiger partial charge is 0.108 e. The molecule has 3 nitrogen and oxygen atoms in total. The summed E-state index contributed by atoms with van der Waals surface area (Å²) in [6.07, 6.45) is 3.20. The molecule has 0 unspecified atom stereocenters. The molecule has 2 heterocycles. The van der Waals surface area contributed by atoms with E-state index >= 15 is 0 Å². The quantitative estimate of drug-likeness (QED) is 0.670. The predicted octanol–water partition coefficient (Wildman–Crippen LogP) is 2.09. The van der Waals surface area contributed by atoms with Crippen molar-refractivity contribution in [1.29, 1.82) is 5.26 Å². The first-order valence-electron chi connectivity index (χ1n) is 3.34. The summed E-state index contributed by atoms with van der Waals surface area (Å²) in [6, 6.07) is 3.70. The zero-order valence-corrected chi connectivity index (χ0v) is 6.76. The largest absolute Gasteiger partial charge is 0.357 e. The molecule has 0 saturated heterocycles. The molecule has 0 aromatic carbocycles. The summed E-state index contributed by atoms with van der Waals surface area (Å²) < 4.78 is 0. The Balaban J connectivity index is 2.92. The molecule has 0 saturated carbocycles. The van der Waals surface area contributed by atoms with Crippen LogP contribution in [0.25, 0.3) is 11.0 Å². The molecule has 58 valence electrons. The zero-order chi connectivity index (χ0) is 8.55. The molecule has 0 radical (unpaired) electrons. The van der Waals surface area contributed by atoms with E-state index in [0.29, 0.717) is 21.6 Å². The number of nitriles is 1. The number of aromatic nitrogens is 2. The van der Waals surface area contributed by atoms with Crippen molar-refractivity contribution in [3.05, 3.63) is 29.0 Å². The van der Waals surface area contributed by atoms with Gasteiger partial charge in [-0.15, -0.1) is 0 Å². The third kappa shape index (κ3) is 0.858. The van der Waals surface area contributed by atoms with Gasteiger partial charge >= 0.3 is 0 Å². The maximum Gasteiger partial charge on any atom is 0.108 e. The van der Waals surface area contributed by atoms with Crippen LogP contribution in [0, 0.1) is 11.3 Å². The molecule has 4 heteroatoms. The Labute approximate surface area is 73.6 Å². The number of aromatic amines is 1. The van der Waals surface area contributed by atoms with Gasteiger partial charge in [0.05, 0.1) is 16.1 Å². The predicted molar refractivity (Wildman–Crippen MR) is 45.8 cm³/mol. The molecule has 0 atom stereocenters. The van der Waals surface area contributed by atoms with Gasteiger partial charge in [-0.05, 0) is 6.07 Å². The second-order valence-electron chi connectivity index (χ2n) is 2.33. The lowest BCUT2D eigenvalue weighted by molar-refractivity contribution is 1.38. The van der Waals surface area contributed by atoms with E-state index in [0.717, 1.165) is 0 Å². The van der Waals surface area contributed by atoms with Crippen LogP contribution in [-0.2, 0) is 0 Å². The van der Waals surface area contributed by atoms with Crippen LogP contribution < -0.4 is 0 Å². The van der Waals surface area contributed by atoms with Gasteiger partial charge in [0.15, 0.2) is 0 Å². The molecule has 0 aliphatic heterocycles. The second kappa shape index (κ2) is 2.50. The lowest BCUT2D eigenvalue weighted by Gasteiger charge is -1.90. The van der Waals surface area contributed by atoms with Gasteiger partial charge in [0, 0.05) is 12.4 Å². The number of halogens is 1. The maximum atomic E-state index is 8.70. The van der Waals surface area contributed by atoms with E-state index in [1.807, 2.05) is 0 Å². The lowest BCUT2D eigenvalue weighted by Crippen LogP contribution is -1.79. The summed E-state index contributed by atoms with van der Waals surface area (Å²) in [5, 5.41) is 9.25. The summed E-state index contributed by atoms with van der Waals surface area (Å²) >= 11 is 5.80. The molecular formula is C8H4ClN3. The van der Waals surface area contributed by atoms with Crippen molar-refractivity contribution < 1.29 is 0 Å². The standard InChI is InChI=1S/C8H4ClN3/c9-6-4-12-7-5(3-10)1-2-11-8(6)7/h1-2,4,12H. The number of nitrogens with one attached hydrogen (secondary N) is 1. The van der Waals surface area contributed by atoms with Gasteiger partial charge in [-0.25, -0.2) is 0 Å². The Bertz CT molecular complexity index is 467. The highest BCUT2D eigenvalue weighted by molar-refractivity contribution is 6.35. The van der Waals surface area contributed by atoms with Crippen molar-refractivity contribution in [2.45, 2.75) is 0 Å². The number of hydrogen-bond donors (Lipinski definition) is 1. The molecule has 2 rings (SSSR count). The molecule has 1 N–H and O–H groups in total. The van der Waals surface area contributed by atoms with Gasteiger partial charge in [0.1, 0.15) is 11.6 Å². The zero-order valence-electron chi connectivity index (χ0n) is 6.00. The second-order valence-corrected chi connectivity index (χ2v) is 2.74. The summed E-state index contributed by atoms with van der Waals surface area (Å²) in [5.41, 5.74) is 1.91. The first-order valence-corrected chi connectivity index (χ1v) is 3.72. The maximum absolute atomic E-state index is 8.70. The number of H-pyrrole nitrogens is 1. The summed E-state index contributed by atoms with van der Waals surface area (Å²) in [5.74, 6) is 0. The minimum Gasteiger partial charge on any atom is -0.357 e. The van der Waals surface area contributed by atoms with Gasteiger partial charge in [-0.3, -0.25) is 4.98 Å². The molecule has 0 amide bonds. The van der Waals surface area contributed by atoms with E-state index in [4.69, 9.17) is 16.9 Å². The van der Waals surface area contributed by atoms with E-state index in [2.05, 4.69) is 16.0 Å². The average molecular weight is 178 g/mol. The highest BCUT2D eigenvalue weighted by atomic mass is 35.5. The monoisotopic (exact) mass is 177 g/mol. The van der Waals surface area contributed by atoms with Crippen molar-refractivity contribution in [1.82, 2.24) is 9.97 Å². The molecule has 12 heavy (non-hydrogen) atoms. The highest BCUT2D eigenvalue weighted by Gasteiger charge is 2.05. The minimum atomic E-state index is 0.544. The van der Waals surface area contributed by atoms with Crippen molar-refractivity contribution in [3.8, 4) is 6.07 Å². The van der Waals surface area contributed by atoms with Crippen LogP contribution in [0.4, 0.5) is 0 Å². The third-order valence-corrected chi connectivity index (χ3v) is 1.93. The lowest BCUT2D eigenvalue weighted by atomic mass is 10.2. The number of hydrogen-bond acceptors (Lipinski definition) is 2. The molecule has 0 aliphatic carbocycles. The van der Waals surface area contributed by atoms with Crippen LogP contribution in [0.3, 0.4) is 0 Å². The normalized spacial score (nSPS) is 10.0. The van der Waals surface area contributed by atoms with Crippen molar-refractivity contribution in [2.24, 2.45) is 0 Å². The Kier molecular flexibility index (Phi) is 1.49. The van der Waals surface area contributed by atoms with Gasteiger partial charge in [-0.1, -0.05) is 11.6 Å². The highest BCUT2D eigenvalue weighted by Crippen LogP contribution is 2.22. The molecule has 2 aromatic heterocycles. The number of nitrogens with zero attached hydrogens (tertiary/aromatic N) is 2. The van der Waals surface area contributed by atoms with Crippen molar-refractivity contribution in [2.75, 3.05) is 0 Å². The first-order chi connectivity index (χ1) is 5.83. The van der Waals surface area contributed by atoms with Crippen LogP contribution >= 0.6 is 11.6 Å². The first kappa shape index (κ1) is 7.14. The molecule has 0 fully saturated rings. The molecule has 2 aromatic rings. The van der Waals surface area contributed by atoms with Crippen molar-refractivity contribution in [3.63, 3.8) is 0 Å². The fraction of sp³-hybridized carbons (Fsp3) is 0. The van der Waals surface area contributed by atoms with E-state index in [-0.39, 0.29) is 0 Å². The third-order valence-electron chi connectivity index (χ3n) is 1.64. The van der Waals surface area contributed by atoms with Crippen LogP contribution in [0.15, 0.2) is 18.5 Å². The molecule has 0 bridgehead atoms. The Morgan fingerprint density at radius 3 is 3.17 bits per heavy atom. The number of pyridine rings is 1. The SMILES string of the molecule is N#Cc1ccnc2c(Cl)c[nH]c12. The fourth-order valence-corrected chi connectivity index (χ4v) is 1.28. The average Bonchev–Trinajstić information content (AvgIpc) is 2.48. The summed E-state index contributed by atoms with van der Waals surface area (Å²) in [7, 11) is 0. The van der Waals surface area contributed by atoms with Crippen LogP contribution in [0.1, 0.15) is 5.56 Å². The molecule has 0 aliphatic rings. The topological polar surface area (TPSA) is 52.5 Å². The molecular weight excluding hydrogens is 174 g/mol.